The van der Waals surface area contributed by atoms with Crippen LogP contribution in [-0.4, -0.2) is 5.78 Å². The first-order valence-electron chi connectivity index (χ1n) is 9.84. The molecule has 1 nitrogen and oxygen atoms in total. The van der Waals surface area contributed by atoms with E-state index < -0.39 is 0 Å². The Morgan fingerprint density at radius 3 is 2.41 bits per heavy atom. The van der Waals surface area contributed by atoms with Crippen LogP contribution in [0.4, 0.5) is 0 Å². The monoisotopic (exact) mass is 302 g/mol. The fourth-order valence-electron chi connectivity index (χ4n) is 7.69. The number of ketones is 1. The van der Waals surface area contributed by atoms with E-state index in [0.717, 1.165) is 24.2 Å². The van der Waals surface area contributed by atoms with E-state index in [4.69, 9.17) is 0 Å². The van der Waals surface area contributed by atoms with Crippen molar-refractivity contribution >= 4 is 5.78 Å². The van der Waals surface area contributed by atoms with Crippen molar-refractivity contribution in [1.29, 1.82) is 0 Å². The number of hydrogen-bond donors (Lipinski definition) is 0. The van der Waals surface area contributed by atoms with Crippen LogP contribution in [0.3, 0.4) is 0 Å². The van der Waals surface area contributed by atoms with Gasteiger partial charge in [-0.15, -0.1) is 0 Å². The SMILES string of the molecule is CC1(C)C[C@H]2[C@@H]3CCC4CCCC[C@]4(C)[C@H]3CC[C@]2(C)C1=O. The lowest BCUT2D eigenvalue weighted by Crippen LogP contribution is -2.52. The van der Waals surface area contributed by atoms with E-state index in [0.29, 0.717) is 17.1 Å². The largest absolute Gasteiger partial charge is 0.298 e. The lowest BCUT2D eigenvalue weighted by atomic mass is 9.45. The molecule has 0 aromatic rings. The van der Waals surface area contributed by atoms with Crippen LogP contribution in [0, 0.1) is 39.9 Å². The molecule has 0 amide bonds. The third kappa shape index (κ3) is 1.80. The molecule has 4 rings (SSSR count). The molecule has 1 heteroatoms. The smallest absolute Gasteiger partial charge is 0.144 e. The molecular formula is C21H34O. The van der Waals surface area contributed by atoms with Gasteiger partial charge in [-0.3, -0.25) is 4.79 Å². The molecule has 0 spiro atoms. The predicted molar refractivity (Wildman–Crippen MR) is 90.5 cm³/mol. The molecule has 0 radical (unpaired) electrons. The van der Waals surface area contributed by atoms with Crippen LogP contribution in [0.2, 0.25) is 0 Å². The zero-order chi connectivity index (χ0) is 15.8. The second kappa shape index (κ2) is 4.61. The van der Waals surface area contributed by atoms with Crippen LogP contribution in [0.1, 0.15) is 85.5 Å². The van der Waals surface area contributed by atoms with Gasteiger partial charge in [-0.2, -0.15) is 0 Å². The maximum Gasteiger partial charge on any atom is 0.144 e. The van der Waals surface area contributed by atoms with Crippen LogP contribution >= 0.6 is 0 Å². The zero-order valence-electron chi connectivity index (χ0n) is 15.1. The average molecular weight is 303 g/mol. The molecule has 4 saturated carbocycles. The standard InChI is InChI=1S/C21H34O/c1-19(2)13-17-15-9-8-14-7-5-6-11-20(14,3)16(15)10-12-21(17,4)18(19)22/h14-17H,5-13H2,1-4H3/t14?,15-,16+,17+,20+,21+/m1/s1. The normalized spacial score (nSPS) is 53.5. The number of hydrogen-bond acceptors (Lipinski definition) is 1. The summed E-state index contributed by atoms with van der Waals surface area (Å²) in [4.78, 5) is 13.0. The molecule has 0 heterocycles. The first kappa shape index (κ1) is 15.2. The summed E-state index contributed by atoms with van der Waals surface area (Å²) >= 11 is 0. The molecule has 0 bridgehead atoms. The highest BCUT2D eigenvalue weighted by Crippen LogP contribution is 2.67. The predicted octanol–water partition coefficient (Wildman–Crippen LogP) is 5.62. The highest BCUT2D eigenvalue weighted by molar-refractivity contribution is 5.92. The van der Waals surface area contributed by atoms with Crippen LogP contribution in [0.25, 0.3) is 0 Å². The Morgan fingerprint density at radius 1 is 0.864 bits per heavy atom. The fourth-order valence-corrected chi connectivity index (χ4v) is 7.69. The molecular weight excluding hydrogens is 268 g/mol. The van der Waals surface area contributed by atoms with Gasteiger partial charge in [0, 0.05) is 10.8 Å². The van der Waals surface area contributed by atoms with E-state index in [-0.39, 0.29) is 10.8 Å². The minimum atomic E-state index is -0.0708. The Bertz CT molecular complexity index is 492. The van der Waals surface area contributed by atoms with Crippen molar-refractivity contribution in [3.63, 3.8) is 0 Å². The van der Waals surface area contributed by atoms with Gasteiger partial charge in [-0.25, -0.2) is 0 Å². The first-order chi connectivity index (χ1) is 10.3. The lowest BCUT2D eigenvalue weighted by Gasteiger charge is -2.59. The molecule has 6 atom stereocenters. The van der Waals surface area contributed by atoms with Crippen molar-refractivity contribution in [2.45, 2.75) is 85.5 Å². The summed E-state index contributed by atoms with van der Waals surface area (Å²) in [6.07, 6.45) is 12.4. The summed E-state index contributed by atoms with van der Waals surface area (Å²) in [5.74, 6) is 3.99. The van der Waals surface area contributed by atoms with Crippen molar-refractivity contribution < 1.29 is 4.79 Å². The summed E-state index contributed by atoms with van der Waals surface area (Å²) in [5, 5.41) is 0. The molecule has 4 aliphatic rings. The maximum atomic E-state index is 13.0. The van der Waals surface area contributed by atoms with Gasteiger partial charge in [0.05, 0.1) is 0 Å². The number of carbonyl (C=O) groups is 1. The van der Waals surface area contributed by atoms with Gasteiger partial charge in [0.2, 0.25) is 0 Å². The van der Waals surface area contributed by atoms with E-state index in [9.17, 15) is 4.79 Å². The molecule has 124 valence electrons. The molecule has 1 unspecified atom stereocenters. The average Bonchev–Trinajstić information content (AvgIpc) is 2.66. The Labute approximate surface area is 136 Å². The van der Waals surface area contributed by atoms with Crippen molar-refractivity contribution in [3.8, 4) is 0 Å². The van der Waals surface area contributed by atoms with Crippen molar-refractivity contribution in [3.05, 3.63) is 0 Å². The van der Waals surface area contributed by atoms with Crippen LogP contribution in [-0.2, 0) is 4.79 Å². The second-order valence-electron chi connectivity index (χ2n) is 10.3. The maximum absolute atomic E-state index is 13.0. The third-order valence-corrected chi connectivity index (χ3v) is 8.84. The lowest BCUT2D eigenvalue weighted by molar-refractivity contribution is -0.141. The van der Waals surface area contributed by atoms with Gasteiger partial charge in [0.1, 0.15) is 5.78 Å². The van der Waals surface area contributed by atoms with Crippen LogP contribution < -0.4 is 0 Å². The number of carbonyl (C=O) groups excluding carboxylic acids is 1. The highest BCUT2D eigenvalue weighted by Gasteiger charge is 2.63. The fraction of sp³-hybridized carbons (Fsp3) is 0.952. The van der Waals surface area contributed by atoms with Gasteiger partial charge >= 0.3 is 0 Å². The van der Waals surface area contributed by atoms with Gasteiger partial charge in [0.25, 0.3) is 0 Å². The van der Waals surface area contributed by atoms with E-state index >= 15 is 0 Å². The van der Waals surface area contributed by atoms with E-state index in [1.807, 2.05) is 0 Å². The Kier molecular flexibility index (Phi) is 3.18. The molecule has 0 aromatic heterocycles. The van der Waals surface area contributed by atoms with Crippen LogP contribution in [0.5, 0.6) is 0 Å². The zero-order valence-corrected chi connectivity index (χ0v) is 15.1. The topological polar surface area (TPSA) is 17.1 Å². The number of fused-ring (bicyclic) bond motifs is 5. The molecule has 0 aromatic carbocycles. The molecule has 4 aliphatic carbocycles. The summed E-state index contributed by atoms with van der Waals surface area (Å²) in [7, 11) is 0. The molecule has 4 fully saturated rings. The van der Waals surface area contributed by atoms with Crippen molar-refractivity contribution in [2.75, 3.05) is 0 Å². The summed E-state index contributed by atoms with van der Waals surface area (Å²) < 4.78 is 0. The Hall–Kier alpha value is -0.330. The quantitative estimate of drug-likeness (QED) is 0.567. The van der Waals surface area contributed by atoms with Gasteiger partial charge < -0.3 is 0 Å². The molecule has 0 aliphatic heterocycles. The minimum Gasteiger partial charge on any atom is -0.298 e. The van der Waals surface area contributed by atoms with E-state index in [2.05, 4.69) is 27.7 Å². The Balaban J connectivity index is 1.68. The van der Waals surface area contributed by atoms with Gasteiger partial charge in [-0.1, -0.05) is 40.5 Å². The van der Waals surface area contributed by atoms with Gasteiger partial charge in [0.15, 0.2) is 0 Å². The van der Waals surface area contributed by atoms with Crippen molar-refractivity contribution in [1.82, 2.24) is 0 Å². The summed E-state index contributed by atoms with van der Waals surface area (Å²) in [5.41, 5.74) is 0.527. The molecule has 0 saturated heterocycles. The summed E-state index contributed by atoms with van der Waals surface area (Å²) in [6, 6.07) is 0. The van der Waals surface area contributed by atoms with E-state index in [1.54, 1.807) is 0 Å². The van der Waals surface area contributed by atoms with Gasteiger partial charge in [-0.05, 0) is 74.0 Å². The van der Waals surface area contributed by atoms with Crippen molar-refractivity contribution in [2.24, 2.45) is 39.9 Å². The summed E-state index contributed by atoms with van der Waals surface area (Å²) in [6.45, 7) is 9.36. The molecule has 22 heavy (non-hydrogen) atoms. The van der Waals surface area contributed by atoms with Crippen LogP contribution in [0.15, 0.2) is 0 Å². The minimum absolute atomic E-state index is 0.00251. The third-order valence-electron chi connectivity index (χ3n) is 8.84. The number of Topliss-reactive ketones (excluding diaryl/α,β-unsaturated/α-hetero) is 1. The molecule has 0 N–H and O–H groups in total. The van der Waals surface area contributed by atoms with E-state index in [1.165, 1.54) is 51.4 Å². The second-order valence-corrected chi connectivity index (χ2v) is 10.3. The highest BCUT2D eigenvalue weighted by atomic mass is 16.1. The Morgan fingerprint density at radius 2 is 1.64 bits per heavy atom. The first-order valence-corrected chi connectivity index (χ1v) is 9.84. The number of rotatable bonds is 0.